The Labute approximate surface area is 164 Å². The Morgan fingerprint density at radius 1 is 1.04 bits per heavy atom. The molecule has 3 rings (SSSR count). The fraction of sp³-hybridized carbons (Fsp3) is 0.200. The van der Waals surface area contributed by atoms with Crippen LogP contribution in [-0.2, 0) is 16.1 Å². The van der Waals surface area contributed by atoms with Gasteiger partial charge in [-0.15, -0.1) is 0 Å². The first kappa shape index (κ1) is 19.5. The van der Waals surface area contributed by atoms with E-state index in [1.165, 1.54) is 32.5 Å². The first-order chi connectivity index (χ1) is 13.4. The molecule has 1 aromatic heterocycles. The Balaban J connectivity index is 2.12. The average Bonchev–Trinajstić information content (AvgIpc) is 3.04. The maximum atomic E-state index is 12.6. The van der Waals surface area contributed by atoms with E-state index in [-0.39, 0.29) is 12.3 Å². The van der Waals surface area contributed by atoms with E-state index in [1.807, 2.05) is 12.1 Å². The molecule has 28 heavy (non-hydrogen) atoms. The summed E-state index contributed by atoms with van der Waals surface area (Å²) >= 11 is 1.27. The molecule has 0 unspecified atom stereocenters. The van der Waals surface area contributed by atoms with E-state index < -0.39 is 11.9 Å². The van der Waals surface area contributed by atoms with Crippen LogP contribution >= 0.6 is 11.3 Å². The predicted molar refractivity (Wildman–Crippen MR) is 105 cm³/mol. The highest BCUT2D eigenvalue weighted by atomic mass is 32.1. The average molecular weight is 398 g/mol. The molecule has 0 aliphatic carbocycles. The van der Waals surface area contributed by atoms with Gasteiger partial charge in [0.05, 0.1) is 18.9 Å². The van der Waals surface area contributed by atoms with E-state index in [2.05, 4.69) is 4.99 Å². The number of para-hydroxylation sites is 1. The third-order valence-electron chi connectivity index (χ3n) is 4.13. The molecule has 0 aliphatic rings. The summed E-state index contributed by atoms with van der Waals surface area (Å²) in [5, 5.41) is 0. The number of carbonyl (C=O) groups excluding carboxylic acids is 3. The highest BCUT2D eigenvalue weighted by molar-refractivity contribution is 7.16. The zero-order valence-electron chi connectivity index (χ0n) is 15.6. The standard InChI is InChI=1S/C20H18N2O5S/c1-12(23)13-7-9-14(10-8-13)19(25)21-20-22(11-17(24)27-3)18-15(26-2)5-4-6-16(18)28-20/h4-10H,11H2,1-3H3. The molecule has 8 heteroatoms. The molecule has 0 radical (unpaired) electrons. The van der Waals surface area contributed by atoms with Gasteiger partial charge in [-0.2, -0.15) is 4.99 Å². The molecule has 0 fully saturated rings. The Morgan fingerprint density at radius 3 is 2.32 bits per heavy atom. The molecule has 0 saturated carbocycles. The number of ether oxygens (including phenoxy) is 2. The molecular weight excluding hydrogens is 380 g/mol. The molecule has 1 heterocycles. The molecule has 144 valence electrons. The summed E-state index contributed by atoms with van der Waals surface area (Å²) in [4.78, 5) is 40.5. The molecule has 0 N–H and O–H groups in total. The monoisotopic (exact) mass is 398 g/mol. The van der Waals surface area contributed by atoms with Crippen LogP contribution in [0, 0.1) is 0 Å². The van der Waals surface area contributed by atoms with Crippen LogP contribution < -0.4 is 9.54 Å². The molecule has 3 aromatic rings. The van der Waals surface area contributed by atoms with Crippen LogP contribution in [-0.4, -0.2) is 36.4 Å². The normalized spacial score (nSPS) is 11.5. The molecule has 0 bridgehead atoms. The van der Waals surface area contributed by atoms with Crippen LogP contribution in [0.5, 0.6) is 5.75 Å². The summed E-state index contributed by atoms with van der Waals surface area (Å²) in [6.07, 6.45) is 0. The summed E-state index contributed by atoms with van der Waals surface area (Å²) in [5.41, 5.74) is 1.53. The van der Waals surface area contributed by atoms with Crippen molar-refractivity contribution in [3.8, 4) is 5.75 Å². The van der Waals surface area contributed by atoms with Gasteiger partial charge < -0.3 is 14.0 Å². The van der Waals surface area contributed by atoms with Crippen LogP contribution in [0.1, 0.15) is 27.6 Å². The summed E-state index contributed by atoms with van der Waals surface area (Å²) < 4.78 is 12.6. The molecule has 2 aromatic carbocycles. The number of nitrogens with zero attached hydrogens (tertiary/aromatic N) is 2. The maximum absolute atomic E-state index is 12.6. The van der Waals surface area contributed by atoms with Crippen LogP contribution in [0.4, 0.5) is 0 Å². The third kappa shape index (κ3) is 3.86. The molecule has 0 saturated heterocycles. The van der Waals surface area contributed by atoms with Gasteiger partial charge in [-0.3, -0.25) is 14.4 Å². The van der Waals surface area contributed by atoms with E-state index in [4.69, 9.17) is 9.47 Å². The topological polar surface area (TPSA) is 87.0 Å². The number of hydrogen-bond donors (Lipinski definition) is 0. The first-order valence-corrected chi connectivity index (χ1v) is 9.19. The fourth-order valence-corrected chi connectivity index (χ4v) is 3.73. The number of thiazole rings is 1. The molecule has 1 amide bonds. The van der Waals surface area contributed by atoms with Gasteiger partial charge in [0.15, 0.2) is 10.6 Å². The lowest BCUT2D eigenvalue weighted by Gasteiger charge is -2.07. The Kier molecular flexibility index (Phi) is 5.70. The van der Waals surface area contributed by atoms with E-state index >= 15 is 0 Å². The predicted octanol–water partition coefficient (Wildman–Crippen LogP) is 2.83. The van der Waals surface area contributed by atoms with Gasteiger partial charge in [0, 0.05) is 11.1 Å². The van der Waals surface area contributed by atoms with Crippen molar-refractivity contribution in [3.63, 3.8) is 0 Å². The van der Waals surface area contributed by atoms with Crippen molar-refractivity contribution in [3.05, 3.63) is 58.4 Å². The summed E-state index contributed by atoms with van der Waals surface area (Å²) in [6.45, 7) is 1.35. The lowest BCUT2D eigenvalue weighted by atomic mass is 10.1. The quantitative estimate of drug-likeness (QED) is 0.487. The fourth-order valence-electron chi connectivity index (χ4n) is 2.69. The molecule has 0 aliphatic heterocycles. The van der Waals surface area contributed by atoms with Gasteiger partial charge >= 0.3 is 5.97 Å². The van der Waals surface area contributed by atoms with Crippen molar-refractivity contribution in [1.82, 2.24) is 4.57 Å². The highest BCUT2D eigenvalue weighted by Gasteiger charge is 2.15. The van der Waals surface area contributed by atoms with Crippen LogP contribution in [0.25, 0.3) is 10.2 Å². The number of hydrogen-bond acceptors (Lipinski definition) is 6. The summed E-state index contributed by atoms with van der Waals surface area (Å²) in [5.74, 6) is -0.453. The number of methoxy groups -OCH3 is 2. The number of Topliss-reactive ketones (excluding diaryl/α,β-unsaturated/α-hetero) is 1. The SMILES string of the molecule is COC(=O)Cn1c(=NC(=O)c2ccc(C(C)=O)cc2)sc2cccc(OC)c21. The highest BCUT2D eigenvalue weighted by Crippen LogP contribution is 2.27. The van der Waals surface area contributed by atoms with Gasteiger partial charge in [0.1, 0.15) is 17.8 Å². The van der Waals surface area contributed by atoms with E-state index in [0.29, 0.717) is 27.2 Å². The Morgan fingerprint density at radius 2 is 1.71 bits per heavy atom. The molecule has 7 nitrogen and oxygen atoms in total. The van der Waals surface area contributed by atoms with Crippen molar-refractivity contribution in [2.24, 2.45) is 4.99 Å². The van der Waals surface area contributed by atoms with Gasteiger partial charge in [-0.1, -0.05) is 29.5 Å². The van der Waals surface area contributed by atoms with Crippen molar-refractivity contribution in [2.75, 3.05) is 14.2 Å². The van der Waals surface area contributed by atoms with Crippen LogP contribution in [0.3, 0.4) is 0 Å². The van der Waals surface area contributed by atoms with Crippen molar-refractivity contribution in [2.45, 2.75) is 13.5 Å². The number of esters is 1. The minimum atomic E-state index is -0.473. The number of benzene rings is 2. The smallest absolute Gasteiger partial charge is 0.325 e. The molecule has 0 spiro atoms. The van der Waals surface area contributed by atoms with Crippen molar-refractivity contribution < 1.29 is 23.9 Å². The second-order valence-corrected chi connectivity index (χ2v) is 6.91. The zero-order chi connectivity index (χ0) is 20.3. The minimum absolute atomic E-state index is 0.0801. The van der Waals surface area contributed by atoms with E-state index in [0.717, 1.165) is 4.70 Å². The Bertz CT molecular complexity index is 1130. The van der Waals surface area contributed by atoms with Crippen molar-refractivity contribution >= 4 is 39.2 Å². The van der Waals surface area contributed by atoms with Gasteiger partial charge in [0.2, 0.25) is 0 Å². The van der Waals surface area contributed by atoms with Crippen LogP contribution in [0.2, 0.25) is 0 Å². The number of rotatable bonds is 5. The lowest BCUT2D eigenvalue weighted by Crippen LogP contribution is -2.22. The van der Waals surface area contributed by atoms with Gasteiger partial charge in [-0.25, -0.2) is 0 Å². The maximum Gasteiger partial charge on any atom is 0.325 e. The summed E-state index contributed by atoms with van der Waals surface area (Å²) in [6, 6.07) is 11.7. The third-order valence-corrected chi connectivity index (χ3v) is 5.18. The molecular formula is C20H18N2O5S. The zero-order valence-corrected chi connectivity index (χ0v) is 16.4. The summed E-state index contributed by atoms with van der Waals surface area (Å²) in [7, 11) is 2.83. The number of carbonyl (C=O) groups is 3. The number of ketones is 1. The van der Waals surface area contributed by atoms with Gasteiger partial charge in [-0.05, 0) is 31.2 Å². The van der Waals surface area contributed by atoms with Gasteiger partial charge in [0.25, 0.3) is 5.91 Å². The minimum Gasteiger partial charge on any atom is -0.495 e. The largest absolute Gasteiger partial charge is 0.495 e. The number of aromatic nitrogens is 1. The van der Waals surface area contributed by atoms with Crippen molar-refractivity contribution in [1.29, 1.82) is 0 Å². The lowest BCUT2D eigenvalue weighted by molar-refractivity contribution is -0.141. The number of amides is 1. The number of fused-ring (bicyclic) bond motifs is 1. The second-order valence-electron chi connectivity index (χ2n) is 5.90. The molecule has 0 atom stereocenters. The first-order valence-electron chi connectivity index (χ1n) is 8.37. The Hall–Kier alpha value is -3.26. The second kappa shape index (κ2) is 8.18. The van der Waals surface area contributed by atoms with Crippen LogP contribution in [0.15, 0.2) is 47.5 Å². The van der Waals surface area contributed by atoms with E-state index in [9.17, 15) is 14.4 Å². The van der Waals surface area contributed by atoms with E-state index in [1.54, 1.807) is 34.9 Å².